The first kappa shape index (κ1) is 13.0. The van der Waals surface area contributed by atoms with Crippen LogP contribution in [-0.2, 0) is 0 Å². The van der Waals surface area contributed by atoms with Crippen molar-refractivity contribution in [3.05, 3.63) is 29.8 Å². The van der Waals surface area contributed by atoms with E-state index in [1.54, 1.807) is 24.3 Å². The third kappa shape index (κ3) is 3.22. The highest BCUT2D eigenvalue weighted by atomic mass is 16.5. The summed E-state index contributed by atoms with van der Waals surface area (Å²) in [5.41, 5.74) is 0.713. The van der Waals surface area contributed by atoms with Crippen molar-refractivity contribution in [2.75, 3.05) is 6.61 Å². The molecular formula is C13H20O3. The lowest BCUT2D eigenvalue weighted by Gasteiger charge is -2.21. The summed E-state index contributed by atoms with van der Waals surface area (Å²) in [6, 6.07) is 7.16. The van der Waals surface area contributed by atoms with E-state index < -0.39 is 12.2 Å². The van der Waals surface area contributed by atoms with Crippen LogP contribution in [0.25, 0.3) is 0 Å². The van der Waals surface area contributed by atoms with Crippen LogP contribution in [0.15, 0.2) is 24.3 Å². The summed E-state index contributed by atoms with van der Waals surface area (Å²) >= 11 is 0. The van der Waals surface area contributed by atoms with Gasteiger partial charge >= 0.3 is 0 Å². The molecule has 0 aliphatic heterocycles. The first-order valence-corrected chi connectivity index (χ1v) is 5.65. The van der Waals surface area contributed by atoms with E-state index in [1.165, 1.54) is 0 Å². The van der Waals surface area contributed by atoms with E-state index in [2.05, 4.69) is 0 Å². The molecule has 1 aromatic carbocycles. The standard InChI is InChI=1S/C13H20O3/c1-4-16-11-7-5-10(6-8-11)13(15)12(14)9(2)3/h5-9,12-15H,4H2,1-3H3. The van der Waals surface area contributed by atoms with Gasteiger partial charge in [0.05, 0.1) is 12.7 Å². The van der Waals surface area contributed by atoms with E-state index in [9.17, 15) is 10.2 Å². The summed E-state index contributed by atoms with van der Waals surface area (Å²) < 4.78 is 5.30. The maximum atomic E-state index is 9.89. The molecule has 1 rings (SSSR count). The molecule has 0 bridgehead atoms. The Hall–Kier alpha value is -1.06. The van der Waals surface area contributed by atoms with E-state index in [1.807, 2.05) is 20.8 Å². The minimum absolute atomic E-state index is 0.0292. The molecule has 1 aromatic rings. The van der Waals surface area contributed by atoms with Gasteiger partial charge < -0.3 is 14.9 Å². The maximum Gasteiger partial charge on any atom is 0.119 e. The van der Waals surface area contributed by atoms with Gasteiger partial charge in [0.15, 0.2) is 0 Å². The van der Waals surface area contributed by atoms with Crippen molar-refractivity contribution < 1.29 is 14.9 Å². The minimum Gasteiger partial charge on any atom is -0.494 e. The number of hydrogen-bond acceptors (Lipinski definition) is 3. The predicted octanol–water partition coefficient (Wildman–Crippen LogP) is 2.14. The van der Waals surface area contributed by atoms with Crippen molar-refractivity contribution in [1.82, 2.24) is 0 Å². The molecule has 0 saturated carbocycles. The minimum atomic E-state index is -0.837. The van der Waals surface area contributed by atoms with Gasteiger partial charge in [-0.05, 0) is 30.5 Å². The molecule has 0 fully saturated rings. The van der Waals surface area contributed by atoms with Gasteiger partial charge in [0.25, 0.3) is 0 Å². The second kappa shape index (κ2) is 5.87. The molecule has 0 aromatic heterocycles. The van der Waals surface area contributed by atoms with Crippen molar-refractivity contribution in [3.63, 3.8) is 0 Å². The Morgan fingerprint density at radius 3 is 2.12 bits per heavy atom. The van der Waals surface area contributed by atoms with Gasteiger partial charge in [-0.2, -0.15) is 0 Å². The fourth-order valence-corrected chi connectivity index (χ4v) is 1.49. The van der Waals surface area contributed by atoms with Crippen LogP contribution in [0.1, 0.15) is 32.4 Å². The van der Waals surface area contributed by atoms with Crippen LogP contribution in [-0.4, -0.2) is 22.9 Å². The van der Waals surface area contributed by atoms with Crippen molar-refractivity contribution in [3.8, 4) is 5.75 Å². The first-order valence-electron chi connectivity index (χ1n) is 5.65. The molecule has 90 valence electrons. The normalized spacial score (nSPS) is 14.9. The molecule has 3 nitrogen and oxygen atoms in total. The molecular weight excluding hydrogens is 204 g/mol. The largest absolute Gasteiger partial charge is 0.494 e. The lowest BCUT2D eigenvalue weighted by atomic mass is 9.96. The molecule has 0 aliphatic rings. The Morgan fingerprint density at radius 1 is 1.12 bits per heavy atom. The summed E-state index contributed by atoms with van der Waals surface area (Å²) in [7, 11) is 0. The Kier molecular flexibility index (Phi) is 4.77. The van der Waals surface area contributed by atoms with Gasteiger partial charge in [0, 0.05) is 0 Å². The lowest BCUT2D eigenvalue weighted by Crippen LogP contribution is -2.23. The van der Waals surface area contributed by atoms with Gasteiger partial charge in [0.2, 0.25) is 0 Å². The summed E-state index contributed by atoms with van der Waals surface area (Å²) in [6.07, 6.45) is -1.58. The van der Waals surface area contributed by atoms with Crippen molar-refractivity contribution in [2.45, 2.75) is 33.0 Å². The summed E-state index contributed by atoms with van der Waals surface area (Å²) in [4.78, 5) is 0. The van der Waals surface area contributed by atoms with Crippen LogP contribution in [0, 0.1) is 5.92 Å². The topological polar surface area (TPSA) is 49.7 Å². The number of benzene rings is 1. The molecule has 0 spiro atoms. The highest BCUT2D eigenvalue weighted by Gasteiger charge is 2.21. The highest BCUT2D eigenvalue weighted by molar-refractivity contribution is 5.29. The number of aliphatic hydroxyl groups is 2. The van der Waals surface area contributed by atoms with Crippen LogP contribution in [0.2, 0.25) is 0 Å². The fourth-order valence-electron chi connectivity index (χ4n) is 1.49. The summed E-state index contributed by atoms with van der Waals surface area (Å²) in [5.74, 6) is 0.805. The third-order valence-corrected chi connectivity index (χ3v) is 2.54. The second-order valence-electron chi connectivity index (χ2n) is 4.18. The van der Waals surface area contributed by atoms with Gasteiger partial charge in [-0.25, -0.2) is 0 Å². The van der Waals surface area contributed by atoms with Crippen molar-refractivity contribution in [1.29, 1.82) is 0 Å². The van der Waals surface area contributed by atoms with Gasteiger partial charge in [-0.3, -0.25) is 0 Å². The Morgan fingerprint density at radius 2 is 1.69 bits per heavy atom. The zero-order valence-electron chi connectivity index (χ0n) is 10.1. The second-order valence-corrected chi connectivity index (χ2v) is 4.18. The van der Waals surface area contributed by atoms with Crippen LogP contribution >= 0.6 is 0 Å². The molecule has 0 aliphatic carbocycles. The molecule has 2 unspecified atom stereocenters. The van der Waals surface area contributed by atoms with E-state index in [4.69, 9.17) is 4.74 Å². The van der Waals surface area contributed by atoms with Crippen molar-refractivity contribution >= 4 is 0 Å². The SMILES string of the molecule is CCOc1ccc(C(O)C(O)C(C)C)cc1. The smallest absolute Gasteiger partial charge is 0.119 e. The van der Waals surface area contributed by atoms with Crippen LogP contribution < -0.4 is 4.74 Å². The molecule has 0 saturated heterocycles. The zero-order chi connectivity index (χ0) is 12.1. The van der Waals surface area contributed by atoms with Crippen LogP contribution in [0.3, 0.4) is 0 Å². The molecule has 3 heteroatoms. The average Bonchev–Trinajstić information content (AvgIpc) is 2.28. The van der Waals surface area contributed by atoms with Crippen LogP contribution in [0.4, 0.5) is 0 Å². The maximum absolute atomic E-state index is 9.89. The van der Waals surface area contributed by atoms with E-state index >= 15 is 0 Å². The lowest BCUT2D eigenvalue weighted by molar-refractivity contribution is -0.00941. The number of rotatable bonds is 5. The van der Waals surface area contributed by atoms with Crippen molar-refractivity contribution in [2.24, 2.45) is 5.92 Å². The average molecular weight is 224 g/mol. The van der Waals surface area contributed by atoms with E-state index in [0.29, 0.717) is 12.2 Å². The molecule has 2 atom stereocenters. The number of aliphatic hydroxyl groups excluding tert-OH is 2. The van der Waals surface area contributed by atoms with E-state index in [-0.39, 0.29) is 5.92 Å². The molecule has 0 radical (unpaired) electrons. The Balaban J connectivity index is 2.73. The van der Waals surface area contributed by atoms with Gasteiger partial charge in [-0.1, -0.05) is 26.0 Å². The first-order chi connectivity index (χ1) is 7.56. The summed E-state index contributed by atoms with van der Waals surface area (Å²) in [5, 5.41) is 19.6. The van der Waals surface area contributed by atoms with Gasteiger partial charge in [-0.15, -0.1) is 0 Å². The molecule has 0 heterocycles. The number of hydrogen-bond donors (Lipinski definition) is 2. The fraction of sp³-hybridized carbons (Fsp3) is 0.538. The quantitative estimate of drug-likeness (QED) is 0.805. The third-order valence-electron chi connectivity index (χ3n) is 2.54. The molecule has 2 N–H and O–H groups in total. The highest BCUT2D eigenvalue weighted by Crippen LogP contribution is 2.23. The predicted molar refractivity (Wildman–Crippen MR) is 63.4 cm³/mol. The van der Waals surface area contributed by atoms with E-state index in [0.717, 1.165) is 5.75 Å². The summed E-state index contributed by atoms with van der Waals surface area (Å²) in [6.45, 7) is 6.30. The Labute approximate surface area is 96.7 Å². The molecule has 0 amide bonds. The zero-order valence-corrected chi connectivity index (χ0v) is 10.1. The Bertz CT molecular complexity index is 305. The molecule has 16 heavy (non-hydrogen) atoms. The van der Waals surface area contributed by atoms with Crippen LogP contribution in [0.5, 0.6) is 5.75 Å². The monoisotopic (exact) mass is 224 g/mol. The van der Waals surface area contributed by atoms with Gasteiger partial charge in [0.1, 0.15) is 11.9 Å². The number of ether oxygens (including phenoxy) is 1.